The SMILES string of the molecule is NC(=O)c1nn(-c2ccccc2)nc1NC(=O)Cn1c(-c2nonc2N)nc2ccccc21. The Labute approximate surface area is 185 Å². The summed E-state index contributed by atoms with van der Waals surface area (Å²) >= 11 is 0. The maximum Gasteiger partial charge on any atom is 0.273 e. The highest BCUT2D eigenvalue weighted by atomic mass is 16.6. The van der Waals surface area contributed by atoms with Crippen molar-refractivity contribution in [3.05, 3.63) is 60.3 Å². The molecule has 13 nitrogen and oxygen atoms in total. The lowest BCUT2D eigenvalue weighted by Crippen LogP contribution is -2.22. The van der Waals surface area contributed by atoms with Crippen LogP contribution in [0.15, 0.2) is 59.2 Å². The summed E-state index contributed by atoms with van der Waals surface area (Å²) in [6.45, 7) is -0.196. The first-order valence-electron chi connectivity index (χ1n) is 9.67. The quantitative estimate of drug-likeness (QED) is 0.343. The number of hydrogen-bond donors (Lipinski definition) is 3. The summed E-state index contributed by atoms with van der Waals surface area (Å²) in [5, 5.41) is 18.3. The first-order valence-corrected chi connectivity index (χ1v) is 9.67. The van der Waals surface area contributed by atoms with Crippen LogP contribution in [0.4, 0.5) is 11.6 Å². The molecule has 5 rings (SSSR count). The number of para-hydroxylation sites is 3. The molecule has 0 fully saturated rings. The number of rotatable bonds is 6. The van der Waals surface area contributed by atoms with Crippen molar-refractivity contribution in [3.63, 3.8) is 0 Å². The minimum Gasteiger partial charge on any atom is -0.379 e. The third-order valence-electron chi connectivity index (χ3n) is 4.77. The van der Waals surface area contributed by atoms with Crippen LogP contribution < -0.4 is 16.8 Å². The van der Waals surface area contributed by atoms with Crippen molar-refractivity contribution in [2.45, 2.75) is 6.54 Å². The zero-order valence-corrected chi connectivity index (χ0v) is 16.9. The Kier molecular flexibility index (Phi) is 4.75. The number of nitrogens with two attached hydrogens (primary N) is 2. The van der Waals surface area contributed by atoms with E-state index in [1.807, 2.05) is 18.2 Å². The van der Waals surface area contributed by atoms with E-state index < -0.39 is 11.8 Å². The van der Waals surface area contributed by atoms with Crippen molar-refractivity contribution in [2.24, 2.45) is 5.73 Å². The number of fused-ring (bicyclic) bond motifs is 1. The fourth-order valence-corrected chi connectivity index (χ4v) is 3.32. The maximum absolute atomic E-state index is 13.0. The number of carbonyl (C=O) groups is 2. The molecule has 0 saturated carbocycles. The van der Waals surface area contributed by atoms with Crippen LogP contribution in [0.25, 0.3) is 28.2 Å². The first kappa shape index (κ1) is 19.9. The number of benzene rings is 2. The second-order valence-electron chi connectivity index (χ2n) is 6.94. The minimum absolute atomic E-state index is 0.0359. The number of nitrogens with zero attached hydrogens (tertiary/aromatic N) is 7. The van der Waals surface area contributed by atoms with Crippen molar-refractivity contribution in [3.8, 4) is 17.2 Å². The van der Waals surface area contributed by atoms with Gasteiger partial charge in [-0.05, 0) is 34.6 Å². The smallest absolute Gasteiger partial charge is 0.273 e. The van der Waals surface area contributed by atoms with Crippen LogP contribution in [-0.4, -0.2) is 46.7 Å². The van der Waals surface area contributed by atoms with E-state index in [1.165, 1.54) is 4.80 Å². The maximum atomic E-state index is 13.0. The Morgan fingerprint density at radius 2 is 1.76 bits per heavy atom. The van der Waals surface area contributed by atoms with Crippen LogP contribution >= 0.6 is 0 Å². The average molecular weight is 444 g/mol. The van der Waals surface area contributed by atoms with Gasteiger partial charge in [-0.3, -0.25) is 9.59 Å². The monoisotopic (exact) mass is 444 g/mol. The normalized spacial score (nSPS) is 11.0. The van der Waals surface area contributed by atoms with Gasteiger partial charge in [0, 0.05) is 0 Å². The number of imidazole rings is 1. The highest BCUT2D eigenvalue weighted by molar-refractivity contribution is 6.00. The number of primary amides is 1. The number of anilines is 2. The molecule has 33 heavy (non-hydrogen) atoms. The molecule has 5 aromatic rings. The fourth-order valence-electron chi connectivity index (χ4n) is 3.32. The lowest BCUT2D eigenvalue weighted by molar-refractivity contribution is -0.116. The van der Waals surface area contributed by atoms with Gasteiger partial charge in [0.2, 0.25) is 5.91 Å². The molecule has 0 bridgehead atoms. The van der Waals surface area contributed by atoms with E-state index >= 15 is 0 Å². The van der Waals surface area contributed by atoms with Crippen LogP contribution in [0, 0.1) is 0 Å². The number of nitrogen functional groups attached to an aromatic ring is 1. The molecular weight excluding hydrogens is 428 g/mol. The van der Waals surface area contributed by atoms with Crippen LogP contribution in [0.3, 0.4) is 0 Å². The van der Waals surface area contributed by atoms with Gasteiger partial charge in [0.05, 0.1) is 16.7 Å². The highest BCUT2D eigenvalue weighted by Gasteiger charge is 2.23. The van der Waals surface area contributed by atoms with Gasteiger partial charge in [-0.15, -0.1) is 15.0 Å². The highest BCUT2D eigenvalue weighted by Crippen LogP contribution is 2.26. The Morgan fingerprint density at radius 1 is 1.00 bits per heavy atom. The number of amides is 2. The van der Waals surface area contributed by atoms with Crippen molar-refractivity contribution in [2.75, 3.05) is 11.1 Å². The lowest BCUT2D eigenvalue weighted by Gasteiger charge is -2.08. The molecule has 0 aliphatic rings. The molecule has 0 spiro atoms. The Balaban J connectivity index is 1.49. The number of carbonyl (C=O) groups excluding carboxylic acids is 2. The molecule has 5 N–H and O–H groups in total. The van der Waals surface area contributed by atoms with Crippen LogP contribution in [0.1, 0.15) is 10.5 Å². The molecular formula is C20H16N10O3. The van der Waals surface area contributed by atoms with Crippen molar-refractivity contribution in [1.29, 1.82) is 0 Å². The van der Waals surface area contributed by atoms with E-state index in [2.05, 4.69) is 35.4 Å². The van der Waals surface area contributed by atoms with E-state index in [0.29, 0.717) is 22.5 Å². The van der Waals surface area contributed by atoms with E-state index in [-0.39, 0.29) is 29.6 Å². The largest absolute Gasteiger partial charge is 0.379 e. The predicted octanol–water partition coefficient (Wildman–Crippen LogP) is 0.987. The van der Waals surface area contributed by atoms with Crippen molar-refractivity contribution >= 4 is 34.5 Å². The molecule has 13 heteroatoms. The van der Waals surface area contributed by atoms with E-state index in [1.54, 1.807) is 41.0 Å². The number of hydrogen-bond acceptors (Lipinski definition) is 9. The van der Waals surface area contributed by atoms with Crippen LogP contribution in [0.5, 0.6) is 0 Å². The Hall–Kier alpha value is -5.07. The molecule has 164 valence electrons. The molecule has 0 saturated heterocycles. The summed E-state index contributed by atoms with van der Waals surface area (Å²) in [6.07, 6.45) is 0. The molecule has 0 atom stereocenters. The standard InChI is InChI=1S/C20H16N10O3/c21-17-15(27-33-28-17)20-23-12-8-4-5-9-13(12)29(20)10-14(31)24-19-16(18(22)32)25-30(26-19)11-6-2-1-3-7-11/h1-9H,10H2,(H2,21,28)(H2,22,32)(H,24,26,31). The molecule has 2 aromatic carbocycles. The summed E-state index contributed by atoms with van der Waals surface area (Å²) in [6, 6.07) is 16.1. The summed E-state index contributed by atoms with van der Waals surface area (Å²) in [5.41, 5.74) is 13.2. The van der Waals surface area contributed by atoms with Crippen molar-refractivity contribution in [1.82, 2.24) is 34.9 Å². The third kappa shape index (κ3) is 3.63. The Morgan fingerprint density at radius 3 is 2.48 bits per heavy atom. The minimum atomic E-state index is -0.831. The van der Waals surface area contributed by atoms with E-state index in [9.17, 15) is 9.59 Å². The van der Waals surface area contributed by atoms with Gasteiger partial charge < -0.3 is 21.4 Å². The first-order chi connectivity index (χ1) is 16.0. The summed E-state index contributed by atoms with van der Waals surface area (Å²) in [7, 11) is 0. The average Bonchev–Trinajstić information content (AvgIpc) is 3.52. The van der Waals surface area contributed by atoms with Gasteiger partial charge in [0.15, 0.2) is 28.8 Å². The summed E-state index contributed by atoms with van der Waals surface area (Å²) < 4.78 is 6.29. The van der Waals surface area contributed by atoms with Gasteiger partial charge in [-0.2, -0.15) is 0 Å². The molecule has 3 heterocycles. The van der Waals surface area contributed by atoms with Gasteiger partial charge in [-0.25, -0.2) is 9.61 Å². The summed E-state index contributed by atoms with van der Waals surface area (Å²) in [5.74, 6) is -1.06. The Bertz CT molecular complexity index is 1480. The van der Waals surface area contributed by atoms with E-state index in [0.717, 1.165) is 0 Å². The third-order valence-corrected chi connectivity index (χ3v) is 4.77. The van der Waals surface area contributed by atoms with Gasteiger partial charge in [0.1, 0.15) is 6.54 Å². The fraction of sp³-hybridized carbons (Fsp3) is 0.0500. The van der Waals surface area contributed by atoms with Gasteiger partial charge in [0.25, 0.3) is 5.91 Å². The molecule has 0 aliphatic heterocycles. The molecule has 0 aliphatic carbocycles. The molecule has 0 unspecified atom stereocenters. The molecule has 0 radical (unpaired) electrons. The molecule has 3 aromatic heterocycles. The van der Waals surface area contributed by atoms with Crippen molar-refractivity contribution < 1.29 is 14.2 Å². The predicted molar refractivity (Wildman–Crippen MR) is 116 cm³/mol. The topological polar surface area (TPSA) is 186 Å². The second kappa shape index (κ2) is 7.88. The second-order valence-corrected chi connectivity index (χ2v) is 6.94. The van der Waals surface area contributed by atoms with E-state index in [4.69, 9.17) is 11.5 Å². The van der Waals surface area contributed by atoms with Gasteiger partial charge >= 0.3 is 0 Å². The summed E-state index contributed by atoms with van der Waals surface area (Å²) in [4.78, 5) is 30.6. The zero-order valence-electron chi connectivity index (χ0n) is 16.9. The van der Waals surface area contributed by atoms with Crippen LogP contribution in [0.2, 0.25) is 0 Å². The lowest BCUT2D eigenvalue weighted by atomic mass is 10.3. The zero-order chi connectivity index (χ0) is 22.9. The molecule has 2 amide bonds. The van der Waals surface area contributed by atoms with Gasteiger partial charge in [-0.1, -0.05) is 30.3 Å². The van der Waals surface area contributed by atoms with Crippen LogP contribution in [-0.2, 0) is 11.3 Å². The number of nitrogens with one attached hydrogen (secondary N) is 1. The number of aromatic nitrogens is 7.